The monoisotopic (exact) mass is 198 g/mol. The summed E-state index contributed by atoms with van der Waals surface area (Å²) >= 11 is 1.58. The Hall–Kier alpha value is -0.680. The first-order valence-corrected chi connectivity index (χ1v) is 5.45. The van der Waals surface area contributed by atoms with E-state index in [1.54, 1.807) is 16.8 Å². The van der Waals surface area contributed by atoms with Crippen LogP contribution in [0, 0.1) is 0 Å². The second-order valence-corrected chi connectivity index (χ2v) is 4.18. The van der Waals surface area contributed by atoms with E-state index in [0.29, 0.717) is 0 Å². The van der Waals surface area contributed by atoms with E-state index in [1.165, 1.54) is 12.8 Å². The third-order valence-corrected chi connectivity index (χ3v) is 2.94. The van der Waals surface area contributed by atoms with Gasteiger partial charge in [-0.2, -0.15) is 0 Å². The molecule has 0 bridgehead atoms. The number of anilines is 1. The predicted octanol–water partition coefficient (Wildman–Crippen LogP) is 0.726. The molecule has 1 aliphatic rings. The van der Waals surface area contributed by atoms with Crippen molar-refractivity contribution in [1.82, 2.24) is 15.5 Å². The van der Waals surface area contributed by atoms with Gasteiger partial charge in [0.15, 0.2) is 0 Å². The fourth-order valence-electron chi connectivity index (χ4n) is 1.15. The van der Waals surface area contributed by atoms with Crippen LogP contribution in [-0.4, -0.2) is 36.4 Å². The first-order valence-electron chi connectivity index (χ1n) is 4.57. The number of hydrogen-bond acceptors (Lipinski definition) is 5. The highest BCUT2D eigenvalue weighted by atomic mass is 32.1. The molecule has 1 aromatic rings. The van der Waals surface area contributed by atoms with Crippen molar-refractivity contribution in [2.24, 2.45) is 0 Å². The van der Waals surface area contributed by atoms with Gasteiger partial charge in [-0.1, -0.05) is 11.3 Å². The van der Waals surface area contributed by atoms with Gasteiger partial charge >= 0.3 is 0 Å². The second-order valence-electron chi connectivity index (χ2n) is 3.37. The van der Waals surface area contributed by atoms with Crippen molar-refractivity contribution >= 4 is 16.5 Å². The van der Waals surface area contributed by atoms with Gasteiger partial charge < -0.3 is 10.2 Å². The van der Waals surface area contributed by atoms with E-state index in [4.69, 9.17) is 0 Å². The fraction of sp³-hybridized carbons (Fsp3) is 0.750. The lowest BCUT2D eigenvalue weighted by molar-refractivity contribution is 0.673. The molecule has 1 aliphatic carbocycles. The number of nitrogens with zero attached hydrogens (tertiary/aromatic N) is 3. The van der Waals surface area contributed by atoms with E-state index >= 15 is 0 Å². The van der Waals surface area contributed by atoms with Crippen LogP contribution in [0.5, 0.6) is 0 Å². The van der Waals surface area contributed by atoms with E-state index in [9.17, 15) is 0 Å². The molecule has 0 spiro atoms. The summed E-state index contributed by atoms with van der Waals surface area (Å²) in [6.07, 6.45) is 2.70. The standard InChI is InChI=1S/C8H14N4S/c1-12(8-11-10-6-13-8)5-4-9-7-2-3-7/h6-7,9H,2-5H2,1H3. The minimum atomic E-state index is 0.794. The topological polar surface area (TPSA) is 41.0 Å². The van der Waals surface area contributed by atoms with Gasteiger partial charge in [0.25, 0.3) is 0 Å². The Morgan fingerprint density at radius 1 is 1.69 bits per heavy atom. The van der Waals surface area contributed by atoms with Gasteiger partial charge in [0.2, 0.25) is 5.13 Å². The molecule has 72 valence electrons. The lowest BCUT2D eigenvalue weighted by atomic mass is 10.5. The van der Waals surface area contributed by atoms with Gasteiger partial charge in [0.1, 0.15) is 5.51 Å². The minimum Gasteiger partial charge on any atom is -0.348 e. The van der Waals surface area contributed by atoms with Crippen molar-refractivity contribution in [2.75, 3.05) is 25.0 Å². The summed E-state index contributed by atoms with van der Waals surface area (Å²) in [7, 11) is 2.05. The minimum absolute atomic E-state index is 0.794. The highest BCUT2D eigenvalue weighted by Crippen LogP contribution is 2.18. The zero-order chi connectivity index (χ0) is 9.10. The summed E-state index contributed by atoms with van der Waals surface area (Å²) < 4.78 is 0. The van der Waals surface area contributed by atoms with E-state index in [-0.39, 0.29) is 0 Å². The molecule has 0 amide bonds. The van der Waals surface area contributed by atoms with Crippen LogP contribution in [0.15, 0.2) is 5.51 Å². The smallest absolute Gasteiger partial charge is 0.207 e. The van der Waals surface area contributed by atoms with Crippen molar-refractivity contribution in [3.8, 4) is 0 Å². The van der Waals surface area contributed by atoms with Gasteiger partial charge in [-0.3, -0.25) is 0 Å². The maximum Gasteiger partial charge on any atom is 0.207 e. The molecular weight excluding hydrogens is 184 g/mol. The van der Waals surface area contributed by atoms with Crippen molar-refractivity contribution in [2.45, 2.75) is 18.9 Å². The number of hydrogen-bond donors (Lipinski definition) is 1. The number of likely N-dealkylation sites (N-methyl/N-ethyl adjacent to an activating group) is 1. The highest BCUT2D eigenvalue weighted by Gasteiger charge is 2.19. The molecule has 5 heteroatoms. The third-order valence-electron chi connectivity index (χ3n) is 2.13. The Morgan fingerprint density at radius 2 is 2.54 bits per heavy atom. The third kappa shape index (κ3) is 2.63. The van der Waals surface area contributed by atoms with E-state index in [2.05, 4.69) is 27.5 Å². The van der Waals surface area contributed by atoms with Crippen LogP contribution in [0.4, 0.5) is 5.13 Å². The van der Waals surface area contributed by atoms with Crippen LogP contribution in [0.3, 0.4) is 0 Å². The number of aromatic nitrogens is 2. The molecule has 0 unspecified atom stereocenters. The summed E-state index contributed by atoms with van der Waals surface area (Å²) in [5, 5.41) is 12.3. The van der Waals surface area contributed by atoms with Crippen LogP contribution in [0.1, 0.15) is 12.8 Å². The SMILES string of the molecule is CN(CCNC1CC1)c1nncs1. The molecule has 0 radical (unpaired) electrons. The largest absolute Gasteiger partial charge is 0.348 e. The van der Waals surface area contributed by atoms with Gasteiger partial charge in [-0.25, -0.2) is 0 Å². The number of rotatable bonds is 5. The number of nitrogens with one attached hydrogen (secondary N) is 1. The molecule has 1 fully saturated rings. The quantitative estimate of drug-likeness (QED) is 0.757. The van der Waals surface area contributed by atoms with Gasteiger partial charge in [-0.15, -0.1) is 10.2 Å². The molecular formula is C8H14N4S. The molecule has 0 saturated heterocycles. The van der Waals surface area contributed by atoms with Crippen LogP contribution in [0.2, 0.25) is 0 Å². The summed E-state index contributed by atoms with van der Waals surface area (Å²) in [6, 6.07) is 0.794. The lowest BCUT2D eigenvalue weighted by Gasteiger charge is -2.14. The molecule has 0 atom stereocenters. The van der Waals surface area contributed by atoms with E-state index in [1.807, 2.05) is 0 Å². The maximum absolute atomic E-state index is 4.00. The molecule has 4 nitrogen and oxygen atoms in total. The Morgan fingerprint density at radius 3 is 3.15 bits per heavy atom. The first kappa shape index (κ1) is 8.90. The van der Waals surface area contributed by atoms with Crippen LogP contribution in [0.25, 0.3) is 0 Å². The van der Waals surface area contributed by atoms with Crippen molar-refractivity contribution in [3.05, 3.63) is 5.51 Å². The van der Waals surface area contributed by atoms with E-state index in [0.717, 1.165) is 24.3 Å². The maximum atomic E-state index is 4.00. The van der Waals surface area contributed by atoms with Crippen molar-refractivity contribution < 1.29 is 0 Å². The predicted molar refractivity (Wildman–Crippen MR) is 54.2 cm³/mol. The Kier molecular flexibility index (Phi) is 2.75. The fourth-order valence-corrected chi connectivity index (χ4v) is 1.71. The van der Waals surface area contributed by atoms with Gasteiger partial charge in [-0.05, 0) is 12.8 Å². The van der Waals surface area contributed by atoms with Gasteiger partial charge in [0.05, 0.1) is 0 Å². The van der Waals surface area contributed by atoms with Crippen LogP contribution >= 0.6 is 11.3 Å². The Balaban J connectivity index is 1.68. The molecule has 1 N–H and O–H groups in total. The molecule has 2 rings (SSSR count). The zero-order valence-electron chi connectivity index (χ0n) is 7.73. The summed E-state index contributed by atoms with van der Waals surface area (Å²) in [4.78, 5) is 2.13. The summed E-state index contributed by atoms with van der Waals surface area (Å²) in [6.45, 7) is 2.05. The molecule has 1 heterocycles. The molecule has 1 saturated carbocycles. The van der Waals surface area contributed by atoms with Crippen molar-refractivity contribution in [1.29, 1.82) is 0 Å². The van der Waals surface area contributed by atoms with Gasteiger partial charge in [0, 0.05) is 26.2 Å². The molecule has 0 aliphatic heterocycles. The second kappa shape index (κ2) is 4.02. The summed E-state index contributed by atoms with van der Waals surface area (Å²) in [5.74, 6) is 0. The van der Waals surface area contributed by atoms with Crippen molar-refractivity contribution in [3.63, 3.8) is 0 Å². The van der Waals surface area contributed by atoms with Crippen LogP contribution in [-0.2, 0) is 0 Å². The highest BCUT2D eigenvalue weighted by molar-refractivity contribution is 7.13. The van der Waals surface area contributed by atoms with E-state index < -0.39 is 0 Å². The molecule has 1 aromatic heterocycles. The normalized spacial score (nSPS) is 16.1. The first-order chi connectivity index (χ1) is 6.36. The average molecular weight is 198 g/mol. The Bertz CT molecular complexity index is 245. The molecule has 0 aromatic carbocycles. The lowest BCUT2D eigenvalue weighted by Crippen LogP contribution is -2.30. The zero-order valence-corrected chi connectivity index (χ0v) is 8.55. The average Bonchev–Trinajstić information content (AvgIpc) is 2.80. The van der Waals surface area contributed by atoms with Crippen LogP contribution < -0.4 is 10.2 Å². The Labute approximate surface area is 82.0 Å². The molecule has 13 heavy (non-hydrogen) atoms. The summed E-state index contributed by atoms with van der Waals surface area (Å²) in [5.41, 5.74) is 1.76.